The Kier molecular flexibility index (Phi) is 8.82. The lowest BCUT2D eigenvalue weighted by Gasteiger charge is -2.42. The first-order valence-electron chi connectivity index (χ1n) is 14.8. The third kappa shape index (κ3) is 6.71. The number of nitrogens with zero attached hydrogens (tertiary/aromatic N) is 5. The van der Waals surface area contributed by atoms with Crippen molar-refractivity contribution in [2.45, 2.75) is 23.8 Å². The van der Waals surface area contributed by atoms with Crippen molar-refractivity contribution in [1.29, 1.82) is 0 Å². The number of anilines is 5. The van der Waals surface area contributed by atoms with E-state index < -0.39 is 9.84 Å². The van der Waals surface area contributed by atoms with E-state index in [0.717, 1.165) is 57.8 Å². The number of hydrogen-bond acceptors (Lipinski definition) is 10. The van der Waals surface area contributed by atoms with Crippen molar-refractivity contribution in [2.24, 2.45) is 0 Å². The maximum atomic E-state index is 12.4. The number of methoxy groups -OCH3 is 1. The van der Waals surface area contributed by atoms with Crippen LogP contribution in [-0.2, 0) is 9.84 Å². The summed E-state index contributed by atoms with van der Waals surface area (Å²) in [5, 5.41) is 7.76. The molecule has 1 aromatic heterocycles. The lowest BCUT2D eigenvalue weighted by Crippen LogP contribution is -2.52. The third-order valence-corrected chi connectivity index (χ3v) is 9.90. The van der Waals surface area contributed by atoms with Gasteiger partial charge >= 0.3 is 0 Å². The zero-order valence-electron chi connectivity index (χ0n) is 25.3. The van der Waals surface area contributed by atoms with E-state index in [1.54, 1.807) is 43.5 Å². The summed E-state index contributed by atoms with van der Waals surface area (Å²) in [6.45, 7) is 6.60. The molecule has 10 nitrogen and oxygen atoms in total. The van der Waals surface area contributed by atoms with Gasteiger partial charge in [0.25, 0.3) is 0 Å². The SMILES string of the molecule is COc1cc(N2CCC(N3CCN(C)CC3)CC2)ccc1Nc1nc(Nc2ccccc2S(C)(=O)=O)c2ccc(Cl)cc2n1. The van der Waals surface area contributed by atoms with E-state index in [1.165, 1.54) is 6.26 Å². The van der Waals surface area contributed by atoms with E-state index >= 15 is 0 Å². The number of benzene rings is 3. The monoisotopic (exact) mass is 635 g/mol. The molecule has 0 saturated carbocycles. The summed E-state index contributed by atoms with van der Waals surface area (Å²) in [4.78, 5) is 17.1. The number of piperazine rings is 1. The van der Waals surface area contributed by atoms with Gasteiger partial charge in [0.15, 0.2) is 9.84 Å². The molecule has 2 aliphatic heterocycles. The number of likely N-dealkylation sites (N-methyl/N-ethyl adjacent to an activating group) is 1. The van der Waals surface area contributed by atoms with Crippen LogP contribution in [0.2, 0.25) is 5.02 Å². The molecule has 0 unspecified atom stereocenters. The van der Waals surface area contributed by atoms with Crippen molar-refractivity contribution in [3.8, 4) is 5.75 Å². The highest BCUT2D eigenvalue weighted by molar-refractivity contribution is 7.90. The van der Waals surface area contributed by atoms with E-state index in [9.17, 15) is 8.42 Å². The molecule has 0 aliphatic carbocycles. The van der Waals surface area contributed by atoms with Crippen molar-refractivity contribution < 1.29 is 13.2 Å². The molecule has 2 N–H and O–H groups in total. The van der Waals surface area contributed by atoms with Crippen LogP contribution in [0, 0.1) is 0 Å². The molecule has 0 amide bonds. The van der Waals surface area contributed by atoms with Crippen LogP contribution < -0.4 is 20.3 Å². The molecule has 12 heteroatoms. The van der Waals surface area contributed by atoms with Crippen LogP contribution in [0.3, 0.4) is 0 Å². The quantitative estimate of drug-likeness (QED) is 0.262. The van der Waals surface area contributed by atoms with Crippen molar-refractivity contribution in [3.05, 3.63) is 65.7 Å². The number of halogens is 1. The summed E-state index contributed by atoms with van der Waals surface area (Å²) < 4.78 is 30.7. The fourth-order valence-corrected chi connectivity index (χ4v) is 7.06. The normalized spacial score (nSPS) is 17.1. The molecule has 0 atom stereocenters. The van der Waals surface area contributed by atoms with Gasteiger partial charge in [-0.15, -0.1) is 0 Å². The molecule has 4 aromatic rings. The average Bonchev–Trinajstić information content (AvgIpc) is 3.01. The summed E-state index contributed by atoms with van der Waals surface area (Å²) in [7, 11) is 0.379. The van der Waals surface area contributed by atoms with E-state index in [2.05, 4.69) is 44.5 Å². The van der Waals surface area contributed by atoms with Crippen molar-refractivity contribution in [3.63, 3.8) is 0 Å². The van der Waals surface area contributed by atoms with Gasteiger partial charge in [0, 0.05) is 73.7 Å². The standard InChI is InChI=1S/C32H38ClN7O3S/c1-38-16-18-40(19-17-38)23-12-14-39(15-13-23)24-9-11-26(29(21-24)43-2)35-32-36-28-20-22(33)8-10-25(28)31(37-32)34-27-6-4-5-7-30(27)44(3,41)42/h4-11,20-21,23H,12-19H2,1-3H3,(H2,34,35,36,37). The van der Waals surface area contributed by atoms with Crippen molar-refractivity contribution in [2.75, 3.05) is 75.2 Å². The molecule has 0 spiro atoms. The second-order valence-corrected chi connectivity index (χ2v) is 13.9. The van der Waals surface area contributed by atoms with Crippen LogP contribution in [0.5, 0.6) is 5.75 Å². The van der Waals surface area contributed by atoms with Gasteiger partial charge < -0.3 is 25.2 Å². The largest absolute Gasteiger partial charge is 0.494 e. The molecule has 44 heavy (non-hydrogen) atoms. The molecule has 3 heterocycles. The lowest BCUT2D eigenvalue weighted by molar-refractivity contribution is 0.0982. The first-order chi connectivity index (χ1) is 21.2. The fraction of sp³-hybridized carbons (Fsp3) is 0.375. The van der Waals surface area contributed by atoms with E-state index in [1.807, 2.05) is 12.1 Å². The topological polar surface area (TPSA) is 103 Å². The number of rotatable bonds is 8. The van der Waals surface area contributed by atoms with Crippen LogP contribution in [0.15, 0.2) is 65.6 Å². The van der Waals surface area contributed by atoms with E-state index in [4.69, 9.17) is 26.3 Å². The third-order valence-electron chi connectivity index (χ3n) is 8.51. The summed E-state index contributed by atoms with van der Waals surface area (Å²) >= 11 is 6.32. The Labute approximate surface area is 263 Å². The highest BCUT2D eigenvalue weighted by Gasteiger charge is 2.27. The maximum absolute atomic E-state index is 12.4. The van der Waals surface area contributed by atoms with Crippen molar-refractivity contribution >= 4 is 61.2 Å². The Bertz CT molecular complexity index is 1750. The molecule has 3 aromatic carbocycles. The van der Waals surface area contributed by atoms with Crippen LogP contribution in [-0.4, -0.2) is 93.9 Å². The van der Waals surface area contributed by atoms with Gasteiger partial charge in [-0.1, -0.05) is 23.7 Å². The van der Waals surface area contributed by atoms with Gasteiger partial charge in [-0.05, 0) is 62.4 Å². The Morgan fingerprint density at radius 1 is 0.886 bits per heavy atom. The smallest absolute Gasteiger partial charge is 0.229 e. The molecule has 6 rings (SSSR count). The zero-order valence-corrected chi connectivity index (χ0v) is 26.8. The molecular formula is C32H38ClN7O3S. The number of fused-ring (bicyclic) bond motifs is 1. The Balaban J connectivity index is 1.24. The zero-order chi connectivity index (χ0) is 30.8. The average molecular weight is 636 g/mol. The first kappa shape index (κ1) is 30.4. The van der Waals surface area contributed by atoms with Gasteiger partial charge in [-0.25, -0.2) is 13.4 Å². The van der Waals surface area contributed by atoms with Crippen molar-refractivity contribution in [1.82, 2.24) is 19.8 Å². The molecule has 0 radical (unpaired) electrons. The first-order valence-corrected chi connectivity index (χ1v) is 17.1. The van der Waals surface area contributed by atoms with Gasteiger partial charge in [0.1, 0.15) is 11.6 Å². The minimum atomic E-state index is -3.47. The molecule has 2 aliphatic rings. The Morgan fingerprint density at radius 3 is 2.36 bits per heavy atom. The fourth-order valence-electron chi connectivity index (χ4n) is 6.05. The predicted octanol–water partition coefficient (Wildman–Crippen LogP) is 5.40. The summed E-state index contributed by atoms with van der Waals surface area (Å²) in [5.41, 5.74) is 2.87. The number of ether oxygens (including phenoxy) is 1. The highest BCUT2D eigenvalue weighted by atomic mass is 35.5. The maximum Gasteiger partial charge on any atom is 0.229 e. The second-order valence-electron chi connectivity index (χ2n) is 11.5. The van der Waals surface area contributed by atoms with Crippen LogP contribution in [0.25, 0.3) is 10.9 Å². The van der Waals surface area contributed by atoms with Gasteiger partial charge in [0.2, 0.25) is 5.95 Å². The number of piperidine rings is 1. The minimum absolute atomic E-state index is 0.181. The van der Waals surface area contributed by atoms with E-state index in [-0.39, 0.29) is 4.90 Å². The number of aromatic nitrogens is 2. The molecule has 2 saturated heterocycles. The highest BCUT2D eigenvalue weighted by Crippen LogP contribution is 2.35. The predicted molar refractivity (Wildman–Crippen MR) is 178 cm³/mol. The molecule has 0 bridgehead atoms. The molecule has 2 fully saturated rings. The summed E-state index contributed by atoms with van der Waals surface area (Å²) in [6.07, 6.45) is 3.49. The minimum Gasteiger partial charge on any atom is -0.494 e. The number of hydrogen-bond donors (Lipinski definition) is 2. The number of sulfone groups is 1. The van der Waals surface area contributed by atoms with Crippen LogP contribution in [0.4, 0.5) is 28.8 Å². The number of nitrogens with one attached hydrogen (secondary N) is 2. The second kappa shape index (κ2) is 12.8. The van der Waals surface area contributed by atoms with Gasteiger partial charge in [-0.3, -0.25) is 4.90 Å². The Morgan fingerprint density at radius 2 is 1.64 bits per heavy atom. The lowest BCUT2D eigenvalue weighted by atomic mass is 10.0. The van der Waals surface area contributed by atoms with Crippen LogP contribution in [0.1, 0.15) is 12.8 Å². The van der Waals surface area contributed by atoms with Gasteiger partial charge in [-0.2, -0.15) is 4.98 Å². The van der Waals surface area contributed by atoms with E-state index in [0.29, 0.717) is 50.9 Å². The molecular weight excluding hydrogens is 598 g/mol. The number of para-hydroxylation sites is 1. The Hall–Kier alpha value is -3.64. The van der Waals surface area contributed by atoms with Gasteiger partial charge in [0.05, 0.1) is 28.9 Å². The summed E-state index contributed by atoms with van der Waals surface area (Å²) in [5.74, 6) is 1.44. The van der Waals surface area contributed by atoms with Crippen LogP contribution >= 0.6 is 11.6 Å². The molecule has 232 valence electrons. The summed E-state index contributed by atoms with van der Waals surface area (Å²) in [6, 6.07) is 18.9.